The Morgan fingerprint density at radius 3 is 2.57 bits per heavy atom. The van der Waals surface area contributed by atoms with Crippen molar-refractivity contribution in [2.24, 2.45) is 0 Å². The van der Waals surface area contributed by atoms with Crippen LogP contribution in [0.5, 0.6) is 0 Å². The summed E-state index contributed by atoms with van der Waals surface area (Å²) < 4.78 is 2.55. The zero-order chi connectivity index (χ0) is 5.11. The fourth-order valence-electron chi connectivity index (χ4n) is 0.536. The number of allylic oxidation sites excluding steroid dienone is 2. The molecular formula is C5H8ClI. The number of rotatable bonds is 0. The standard InChI is InChI=1S/C5H8ClI/c6-7-4-2-1-3-5-7/h1-2H,3-5H2. The van der Waals surface area contributed by atoms with Gasteiger partial charge in [0.25, 0.3) is 0 Å². The Balaban J connectivity index is 2.32. The van der Waals surface area contributed by atoms with Crippen molar-refractivity contribution < 1.29 is 0 Å². The summed E-state index contributed by atoms with van der Waals surface area (Å²) >= 11 is -0.854. The van der Waals surface area contributed by atoms with Gasteiger partial charge in [0.1, 0.15) is 0 Å². The van der Waals surface area contributed by atoms with Gasteiger partial charge in [0.2, 0.25) is 0 Å². The summed E-state index contributed by atoms with van der Waals surface area (Å²) in [5, 5.41) is 0. The molecule has 1 aliphatic rings. The van der Waals surface area contributed by atoms with Gasteiger partial charge in [0.05, 0.1) is 0 Å². The summed E-state index contributed by atoms with van der Waals surface area (Å²) in [6, 6.07) is 0. The summed E-state index contributed by atoms with van der Waals surface area (Å²) in [5.41, 5.74) is 0. The van der Waals surface area contributed by atoms with E-state index in [9.17, 15) is 0 Å². The maximum absolute atomic E-state index is 5.92. The average Bonchev–Trinajstić information content (AvgIpc) is 1.69. The van der Waals surface area contributed by atoms with Crippen molar-refractivity contribution in [3.8, 4) is 0 Å². The van der Waals surface area contributed by atoms with Gasteiger partial charge >= 0.3 is 55.0 Å². The first-order chi connectivity index (χ1) is 3.39. The first-order valence-electron chi connectivity index (χ1n) is 2.33. The van der Waals surface area contributed by atoms with E-state index >= 15 is 0 Å². The van der Waals surface area contributed by atoms with Crippen molar-refractivity contribution in [1.82, 2.24) is 0 Å². The molecule has 0 nitrogen and oxygen atoms in total. The molecule has 0 fully saturated rings. The first kappa shape index (κ1) is 5.89. The quantitative estimate of drug-likeness (QED) is 0.341. The zero-order valence-corrected chi connectivity index (χ0v) is 6.95. The Morgan fingerprint density at radius 1 is 1.43 bits per heavy atom. The number of halogens is 2. The van der Waals surface area contributed by atoms with Crippen LogP contribution < -0.4 is 0 Å². The molecule has 0 aromatic carbocycles. The molecule has 0 saturated heterocycles. The molecular weight excluding hydrogens is 222 g/mol. The monoisotopic (exact) mass is 230 g/mol. The third-order valence-corrected chi connectivity index (χ3v) is 5.90. The summed E-state index contributed by atoms with van der Waals surface area (Å²) in [6.45, 7) is 0. The van der Waals surface area contributed by atoms with Gasteiger partial charge in [-0.25, -0.2) is 0 Å². The van der Waals surface area contributed by atoms with Crippen LogP contribution in [0.2, 0.25) is 0 Å². The molecule has 0 spiro atoms. The van der Waals surface area contributed by atoms with Crippen LogP contribution in [0, 0.1) is 0 Å². The van der Waals surface area contributed by atoms with Gasteiger partial charge in [-0.2, -0.15) is 0 Å². The maximum atomic E-state index is 5.92. The van der Waals surface area contributed by atoms with E-state index in [2.05, 4.69) is 12.2 Å². The predicted octanol–water partition coefficient (Wildman–Crippen LogP) is 2.61. The van der Waals surface area contributed by atoms with Crippen LogP contribution in [0.3, 0.4) is 0 Å². The Bertz CT molecular complexity index is 80.1. The second-order valence-electron chi connectivity index (χ2n) is 1.49. The van der Waals surface area contributed by atoms with E-state index < -0.39 is 18.7 Å². The van der Waals surface area contributed by atoms with Gasteiger partial charge < -0.3 is 0 Å². The molecule has 0 atom stereocenters. The molecule has 0 aliphatic carbocycles. The van der Waals surface area contributed by atoms with E-state index in [0.29, 0.717) is 0 Å². The summed E-state index contributed by atoms with van der Waals surface area (Å²) in [6.07, 6.45) is 5.70. The van der Waals surface area contributed by atoms with Crippen molar-refractivity contribution in [2.45, 2.75) is 6.42 Å². The molecule has 7 heavy (non-hydrogen) atoms. The second kappa shape index (κ2) is 2.92. The van der Waals surface area contributed by atoms with E-state index in [1.807, 2.05) is 0 Å². The number of hydrogen-bond donors (Lipinski definition) is 0. The van der Waals surface area contributed by atoms with Gasteiger partial charge in [-0.1, -0.05) is 0 Å². The van der Waals surface area contributed by atoms with Gasteiger partial charge in [-0.3, -0.25) is 0 Å². The summed E-state index contributed by atoms with van der Waals surface area (Å²) in [7, 11) is 5.92. The van der Waals surface area contributed by atoms with Gasteiger partial charge in [0.15, 0.2) is 0 Å². The van der Waals surface area contributed by atoms with Crippen LogP contribution in [0.4, 0.5) is 0 Å². The van der Waals surface area contributed by atoms with E-state index in [1.54, 1.807) is 0 Å². The Morgan fingerprint density at radius 2 is 2.29 bits per heavy atom. The number of alkyl halides is 2. The van der Waals surface area contributed by atoms with Crippen LogP contribution >= 0.6 is 27.6 Å². The van der Waals surface area contributed by atoms with Gasteiger partial charge in [-0.15, -0.1) is 0 Å². The third kappa shape index (κ3) is 2.00. The average molecular weight is 230 g/mol. The minimum atomic E-state index is -0.854. The van der Waals surface area contributed by atoms with Crippen LogP contribution in [-0.4, -0.2) is 8.86 Å². The van der Waals surface area contributed by atoms with Crippen molar-refractivity contribution in [3.05, 3.63) is 12.2 Å². The molecule has 0 aromatic heterocycles. The minimum absolute atomic E-state index is 0.854. The molecule has 0 amide bonds. The van der Waals surface area contributed by atoms with Gasteiger partial charge in [-0.05, 0) is 0 Å². The second-order valence-corrected chi connectivity index (χ2v) is 8.40. The van der Waals surface area contributed by atoms with E-state index in [4.69, 9.17) is 8.91 Å². The zero-order valence-electron chi connectivity index (χ0n) is 4.03. The molecule has 0 aromatic rings. The van der Waals surface area contributed by atoms with Crippen molar-refractivity contribution in [2.75, 3.05) is 8.86 Å². The normalized spacial score (nSPS) is 25.6. The Labute approximate surface area is 55.0 Å². The molecule has 0 unspecified atom stereocenters. The molecule has 1 heterocycles. The molecule has 1 rings (SSSR count). The topological polar surface area (TPSA) is 0 Å². The predicted molar refractivity (Wildman–Crippen MR) is 43.4 cm³/mol. The van der Waals surface area contributed by atoms with Crippen molar-refractivity contribution in [1.29, 1.82) is 0 Å². The SMILES string of the molecule is ClI1CC=CCC1. The van der Waals surface area contributed by atoms with E-state index in [1.165, 1.54) is 15.3 Å². The molecule has 0 bridgehead atoms. The molecule has 42 valence electrons. The summed E-state index contributed by atoms with van der Waals surface area (Å²) in [4.78, 5) is 0. The van der Waals surface area contributed by atoms with Crippen LogP contribution in [-0.2, 0) is 0 Å². The number of hydrogen-bond acceptors (Lipinski definition) is 0. The van der Waals surface area contributed by atoms with Gasteiger partial charge in [0, 0.05) is 0 Å². The molecule has 2 heteroatoms. The Kier molecular flexibility index (Phi) is 2.46. The van der Waals surface area contributed by atoms with E-state index in [-0.39, 0.29) is 0 Å². The molecule has 1 aliphatic heterocycles. The molecule has 0 saturated carbocycles. The van der Waals surface area contributed by atoms with Crippen LogP contribution in [0.1, 0.15) is 6.42 Å². The molecule has 0 radical (unpaired) electrons. The fourth-order valence-corrected chi connectivity index (χ4v) is 3.93. The van der Waals surface area contributed by atoms with Crippen molar-refractivity contribution >= 4 is 27.6 Å². The Hall–Kier alpha value is 0.760. The van der Waals surface area contributed by atoms with Crippen molar-refractivity contribution in [3.63, 3.8) is 0 Å². The van der Waals surface area contributed by atoms with Crippen LogP contribution in [0.15, 0.2) is 12.2 Å². The summed E-state index contributed by atoms with van der Waals surface area (Å²) in [5.74, 6) is 0. The first-order valence-corrected chi connectivity index (χ1v) is 8.11. The van der Waals surface area contributed by atoms with E-state index in [0.717, 1.165) is 0 Å². The third-order valence-electron chi connectivity index (χ3n) is 0.904. The molecule has 0 N–H and O–H groups in total. The van der Waals surface area contributed by atoms with Crippen LogP contribution in [0.25, 0.3) is 0 Å². The fraction of sp³-hybridized carbons (Fsp3) is 0.600.